The summed E-state index contributed by atoms with van der Waals surface area (Å²) in [6.07, 6.45) is 7.91. The van der Waals surface area contributed by atoms with E-state index in [0.29, 0.717) is 5.92 Å². The molecule has 0 radical (unpaired) electrons. The Morgan fingerprint density at radius 2 is 2.20 bits per heavy atom. The number of aryl methyl sites for hydroxylation is 2. The molecular formula is C17H22N2O. The first-order chi connectivity index (χ1) is 9.78. The van der Waals surface area contributed by atoms with Crippen molar-refractivity contribution in [1.29, 1.82) is 0 Å². The Kier molecular flexibility index (Phi) is 3.88. The van der Waals surface area contributed by atoms with Gasteiger partial charge in [0.05, 0.1) is 12.3 Å². The minimum absolute atomic E-state index is 0.299. The van der Waals surface area contributed by atoms with Crippen LogP contribution in [0.4, 0.5) is 0 Å². The Morgan fingerprint density at radius 1 is 1.35 bits per heavy atom. The van der Waals surface area contributed by atoms with Crippen molar-refractivity contribution in [3.05, 3.63) is 53.3 Å². The number of aliphatic hydroxyl groups is 1. The standard InChI is InChI=1S/C17H22N2O/c1-2-19-12-13(11-18-19)10-15-8-5-7-14-6-3-4-9-16(14)17(15)20/h3-4,6,9,11-12,15,17,20H,2,5,7-8,10H2,1H3. The van der Waals surface area contributed by atoms with Crippen molar-refractivity contribution < 1.29 is 5.11 Å². The molecule has 2 unspecified atom stereocenters. The van der Waals surface area contributed by atoms with Gasteiger partial charge in [-0.2, -0.15) is 5.10 Å². The smallest absolute Gasteiger partial charge is 0.0824 e. The maximum atomic E-state index is 10.7. The zero-order valence-electron chi connectivity index (χ0n) is 12.0. The van der Waals surface area contributed by atoms with E-state index in [1.165, 1.54) is 11.1 Å². The predicted molar refractivity (Wildman–Crippen MR) is 79.4 cm³/mol. The van der Waals surface area contributed by atoms with Gasteiger partial charge in [0.1, 0.15) is 0 Å². The van der Waals surface area contributed by atoms with E-state index in [1.54, 1.807) is 0 Å². The van der Waals surface area contributed by atoms with Crippen LogP contribution in [0.3, 0.4) is 0 Å². The summed E-state index contributed by atoms with van der Waals surface area (Å²) in [5.74, 6) is 0.299. The van der Waals surface area contributed by atoms with Gasteiger partial charge in [0.25, 0.3) is 0 Å². The van der Waals surface area contributed by atoms with Crippen LogP contribution in [0.15, 0.2) is 36.7 Å². The lowest BCUT2D eigenvalue weighted by Gasteiger charge is -2.21. The summed E-state index contributed by atoms with van der Waals surface area (Å²) >= 11 is 0. The molecule has 0 saturated heterocycles. The molecule has 0 bridgehead atoms. The van der Waals surface area contributed by atoms with Crippen LogP contribution >= 0.6 is 0 Å². The molecule has 3 nitrogen and oxygen atoms in total. The normalized spacial score (nSPS) is 22.3. The molecule has 20 heavy (non-hydrogen) atoms. The van der Waals surface area contributed by atoms with Crippen LogP contribution in [0.25, 0.3) is 0 Å². The fourth-order valence-corrected chi connectivity index (χ4v) is 3.22. The monoisotopic (exact) mass is 270 g/mol. The molecular weight excluding hydrogens is 248 g/mol. The van der Waals surface area contributed by atoms with Gasteiger partial charge in [0, 0.05) is 12.7 Å². The summed E-state index contributed by atoms with van der Waals surface area (Å²) in [7, 11) is 0. The van der Waals surface area contributed by atoms with Crippen molar-refractivity contribution in [2.45, 2.75) is 45.3 Å². The Bertz CT molecular complexity index is 576. The quantitative estimate of drug-likeness (QED) is 0.870. The van der Waals surface area contributed by atoms with Gasteiger partial charge in [0.2, 0.25) is 0 Å². The number of rotatable bonds is 3. The molecule has 2 atom stereocenters. The highest BCUT2D eigenvalue weighted by atomic mass is 16.3. The van der Waals surface area contributed by atoms with Crippen LogP contribution in [0.5, 0.6) is 0 Å². The van der Waals surface area contributed by atoms with Gasteiger partial charge < -0.3 is 5.11 Å². The largest absolute Gasteiger partial charge is 0.388 e. The maximum Gasteiger partial charge on any atom is 0.0824 e. The Morgan fingerprint density at radius 3 is 3.00 bits per heavy atom. The molecule has 0 amide bonds. The van der Waals surface area contributed by atoms with E-state index < -0.39 is 0 Å². The average molecular weight is 270 g/mol. The maximum absolute atomic E-state index is 10.7. The lowest BCUT2D eigenvalue weighted by atomic mass is 9.89. The molecule has 3 rings (SSSR count). The van der Waals surface area contributed by atoms with E-state index in [4.69, 9.17) is 0 Å². The lowest BCUT2D eigenvalue weighted by Crippen LogP contribution is -2.14. The lowest BCUT2D eigenvalue weighted by molar-refractivity contribution is 0.105. The predicted octanol–water partition coefficient (Wildman–Crippen LogP) is 3.13. The number of hydrogen-bond donors (Lipinski definition) is 1. The fourth-order valence-electron chi connectivity index (χ4n) is 3.22. The van der Waals surface area contributed by atoms with Crippen LogP contribution < -0.4 is 0 Å². The molecule has 0 spiro atoms. The average Bonchev–Trinajstić information content (AvgIpc) is 2.87. The number of benzene rings is 1. The number of hydrogen-bond acceptors (Lipinski definition) is 2. The molecule has 1 N–H and O–H groups in total. The van der Waals surface area contributed by atoms with Gasteiger partial charge in [-0.05, 0) is 55.2 Å². The van der Waals surface area contributed by atoms with Crippen LogP contribution in [0.1, 0.15) is 42.6 Å². The van der Waals surface area contributed by atoms with E-state index in [2.05, 4.69) is 36.4 Å². The van der Waals surface area contributed by atoms with Crippen molar-refractivity contribution >= 4 is 0 Å². The molecule has 1 aromatic heterocycles. The Balaban J connectivity index is 1.80. The van der Waals surface area contributed by atoms with Crippen molar-refractivity contribution in [2.24, 2.45) is 5.92 Å². The third-order valence-electron chi connectivity index (χ3n) is 4.35. The molecule has 2 aromatic rings. The van der Waals surface area contributed by atoms with Crippen molar-refractivity contribution in [1.82, 2.24) is 9.78 Å². The number of nitrogens with zero attached hydrogens (tertiary/aromatic N) is 2. The first-order valence-electron chi connectivity index (χ1n) is 7.55. The molecule has 0 fully saturated rings. The molecule has 3 heteroatoms. The van der Waals surface area contributed by atoms with E-state index in [0.717, 1.165) is 37.8 Å². The van der Waals surface area contributed by atoms with Gasteiger partial charge in [0.15, 0.2) is 0 Å². The summed E-state index contributed by atoms with van der Waals surface area (Å²) in [5.41, 5.74) is 3.67. The molecule has 106 valence electrons. The van der Waals surface area contributed by atoms with E-state index >= 15 is 0 Å². The summed E-state index contributed by atoms with van der Waals surface area (Å²) in [6.45, 7) is 2.99. The molecule has 1 aromatic carbocycles. The zero-order valence-corrected chi connectivity index (χ0v) is 12.0. The summed E-state index contributed by atoms with van der Waals surface area (Å²) in [6, 6.07) is 8.32. The van der Waals surface area contributed by atoms with Crippen LogP contribution in [-0.4, -0.2) is 14.9 Å². The zero-order chi connectivity index (χ0) is 13.9. The number of aliphatic hydroxyl groups excluding tert-OH is 1. The fraction of sp³-hybridized carbons (Fsp3) is 0.471. The highest BCUT2D eigenvalue weighted by Gasteiger charge is 2.26. The first kappa shape index (κ1) is 13.4. The summed E-state index contributed by atoms with van der Waals surface area (Å²) < 4.78 is 1.95. The van der Waals surface area contributed by atoms with E-state index in [-0.39, 0.29) is 6.10 Å². The van der Waals surface area contributed by atoms with E-state index in [1.807, 2.05) is 16.9 Å². The second-order valence-corrected chi connectivity index (χ2v) is 5.70. The molecule has 1 heterocycles. The van der Waals surface area contributed by atoms with Gasteiger partial charge in [-0.3, -0.25) is 4.68 Å². The summed E-state index contributed by atoms with van der Waals surface area (Å²) in [4.78, 5) is 0. The van der Waals surface area contributed by atoms with Gasteiger partial charge >= 0.3 is 0 Å². The molecule has 1 aliphatic carbocycles. The number of aromatic nitrogens is 2. The van der Waals surface area contributed by atoms with E-state index in [9.17, 15) is 5.11 Å². The second-order valence-electron chi connectivity index (χ2n) is 5.70. The molecule has 0 saturated carbocycles. The van der Waals surface area contributed by atoms with Crippen molar-refractivity contribution in [2.75, 3.05) is 0 Å². The summed E-state index contributed by atoms with van der Waals surface area (Å²) in [5, 5.41) is 15.0. The third-order valence-corrected chi connectivity index (χ3v) is 4.35. The number of fused-ring (bicyclic) bond motifs is 1. The van der Waals surface area contributed by atoms with Crippen molar-refractivity contribution in [3.8, 4) is 0 Å². The van der Waals surface area contributed by atoms with Gasteiger partial charge in [-0.15, -0.1) is 0 Å². The van der Waals surface area contributed by atoms with Crippen LogP contribution in [0, 0.1) is 5.92 Å². The molecule has 1 aliphatic rings. The SMILES string of the molecule is CCn1cc(CC2CCCc3ccccc3C2O)cn1. The Labute approximate surface area is 120 Å². The van der Waals surface area contributed by atoms with Gasteiger partial charge in [-0.1, -0.05) is 24.3 Å². The Hall–Kier alpha value is -1.61. The van der Waals surface area contributed by atoms with Crippen LogP contribution in [0.2, 0.25) is 0 Å². The topological polar surface area (TPSA) is 38.0 Å². The highest BCUT2D eigenvalue weighted by molar-refractivity contribution is 5.31. The van der Waals surface area contributed by atoms with Crippen molar-refractivity contribution in [3.63, 3.8) is 0 Å². The first-order valence-corrected chi connectivity index (χ1v) is 7.55. The minimum atomic E-state index is -0.348. The van der Waals surface area contributed by atoms with Crippen LogP contribution in [-0.2, 0) is 19.4 Å². The molecule has 0 aliphatic heterocycles. The highest BCUT2D eigenvalue weighted by Crippen LogP contribution is 2.34. The van der Waals surface area contributed by atoms with Gasteiger partial charge in [-0.25, -0.2) is 0 Å². The second kappa shape index (κ2) is 5.80. The third kappa shape index (κ3) is 2.63. The minimum Gasteiger partial charge on any atom is -0.388 e.